The highest BCUT2D eigenvalue weighted by Crippen LogP contribution is 2.22. The molecule has 1 N–H and O–H groups in total. The predicted octanol–water partition coefficient (Wildman–Crippen LogP) is 3.95. The third-order valence-electron chi connectivity index (χ3n) is 3.25. The lowest BCUT2D eigenvalue weighted by Gasteiger charge is -2.08. The monoisotopic (exact) mass is 345 g/mol. The van der Waals surface area contributed by atoms with E-state index in [1.807, 2.05) is 31.2 Å². The van der Waals surface area contributed by atoms with E-state index in [1.54, 1.807) is 0 Å². The number of nitrogens with one attached hydrogen (secondary N) is 1. The number of anilines is 1. The van der Waals surface area contributed by atoms with Gasteiger partial charge in [-0.3, -0.25) is 4.79 Å². The Morgan fingerprint density at radius 1 is 1.12 bits per heavy atom. The van der Waals surface area contributed by atoms with Crippen molar-refractivity contribution in [3.63, 3.8) is 0 Å². The van der Waals surface area contributed by atoms with E-state index < -0.39 is 17.5 Å². The number of carbonyl (C=O) groups is 1. The van der Waals surface area contributed by atoms with Crippen LogP contribution >= 0.6 is 11.8 Å². The first kappa shape index (κ1) is 16.3. The average molecular weight is 345 g/mol. The van der Waals surface area contributed by atoms with Crippen molar-refractivity contribution in [1.82, 2.24) is 9.97 Å². The summed E-state index contributed by atoms with van der Waals surface area (Å²) in [5, 5.41) is 3.06. The van der Waals surface area contributed by atoms with Gasteiger partial charge in [-0.15, -0.1) is 0 Å². The second-order valence-corrected chi connectivity index (χ2v) is 6.03. The summed E-state index contributed by atoms with van der Waals surface area (Å²) in [5.41, 5.74) is 2.20. The Hall–Kier alpha value is -2.54. The van der Waals surface area contributed by atoms with Crippen LogP contribution in [-0.2, 0) is 4.79 Å². The lowest BCUT2D eigenvalue weighted by Crippen LogP contribution is -2.15. The number of hydrogen-bond donors (Lipinski definition) is 1. The van der Waals surface area contributed by atoms with Crippen molar-refractivity contribution in [1.29, 1.82) is 0 Å². The van der Waals surface area contributed by atoms with Gasteiger partial charge in [0.2, 0.25) is 5.91 Å². The molecule has 1 heterocycles. The Morgan fingerprint density at radius 2 is 1.83 bits per heavy atom. The van der Waals surface area contributed by atoms with Gasteiger partial charge in [-0.2, -0.15) is 0 Å². The quantitative estimate of drug-likeness (QED) is 0.728. The van der Waals surface area contributed by atoms with Gasteiger partial charge in [0.1, 0.15) is 16.7 Å². The summed E-state index contributed by atoms with van der Waals surface area (Å²) in [5.74, 6) is -1.86. The Kier molecular flexibility index (Phi) is 4.71. The number of aryl methyl sites for hydroxylation is 1. The molecular formula is C17H13F2N3OS. The largest absolute Gasteiger partial charge is 0.323 e. The molecule has 0 spiro atoms. The summed E-state index contributed by atoms with van der Waals surface area (Å²) in [6, 6.07) is 10.5. The molecule has 0 saturated heterocycles. The zero-order valence-corrected chi connectivity index (χ0v) is 13.5. The number of carbonyl (C=O) groups excluding carboxylic acids is 1. The summed E-state index contributed by atoms with van der Waals surface area (Å²) in [6.07, 6.45) is 0. The number of aromatic nitrogens is 2. The van der Waals surface area contributed by atoms with Crippen LogP contribution in [-0.4, -0.2) is 21.6 Å². The van der Waals surface area contributed by atoms with Gasteiger partial charge in [-0.1, -0.05) is 23.9 Å². The number of nitrogens with zero attached hydrogens (tertiary/aromatic N) is 2. The first-order valence-electron chi connectivity index (χ1n) is 7.14. The summed E-state index contributed by atoms with van der Waals surface area (Å²) in [6.45, 7) is 1.82. The fraction of sp³-hybridized carbons (Fsp3) is 0.118. The number of fused-ring (bicyclic) bond motifs is 1. The highest BCUT2D eigenvalue weighted by atomic mass is 32.2. The zero-order chi connectivity index (χ0) is 17.1. The molecule has 0 radical (unpaired) electrons. The Balaban J connectivity index is 1.69. The fourth-order valence-electron chi connectivity index (χ4n) is 2.12. The van der Waals surface area contributed by atoms with Gasteiger partial charge in [0.25, 0.3) is 0 Å². The molecule has 3 aromatic rings. The number of halogens is 2. The van der Waals surface area contributed by atoms with Gasteiger partial charge in [-0.05, 0) is 31.2 Å². The van der Waals surface area contributed by atoms with Gasteiger partial charge in [0.05, 0.1) is 28.2 Å². The van der Waals surface area contributed by atoms with Crippen LogP contribution in [0, 0.1) is 18.6 Å². The topological polar surface area (TPSA) is 54.9 Å². The van der Waals surface area contributed by atoms with E-state index >= 15 is 0 Å². The average Bonchev–Trinajstić information content (AvgIpc) is 2.55. The van der Waals surface area contributed by atoms with Crippen molar-refractivity contribution >= 4 is 34.4 Å². The normalized spacial score (nSPS) is 10.8. The maximum Gasteiger partial charge on any atom is 0.234 e. The Labute approximate surface area is 141 Å². The van der Waals surface area contributed by atoms with E-state index in [0.29, 0.717) is 5.03 Å². The van der Waals surface area contributed by atoms with E-state index in [2.05, 4.69) is 15.3 Å². The van der Waals surface area contributed by atoms with E-state index in [4.69, 9.17) is 0 Å². The van der Waals surface area contributed by atoms with Crippen molar-refractivity contribution in [3.05, 3.63) is 59.8 Å². The van der Waals surface area contributed by atoms with Crippen molar-refractivity contribution in [2.75, 3.05) is 11.1 Å². The van der Waals surface area contributed by atoms with E-state index in [-0.39, 0.29) is 11.4 Å². The molecule has 1 amide bonds. The first-order chi connectivity index (χ1) is 11.5. The van der Waals surface area contributed by atoms with Crippen LogP contribution in [0.2, 0.25) is 0 Å². The van der Waals surface area contributed by atoms with E-state index in [0.717, 1.165) is 28.9 Å². The van der Waals surface area contributed by atoms with Crippen LogP contribution in [0.1, 0.15) is 5.69 Å². The molecule has 3 rings (SSSR count). The van der Waals surface area contributed by atoms with E-state index in [1.165, 1.54) is 17.8 Å². The predicted molar refractivity (Wildman–Crippen MR) is 90.0 cm³/mol. The molecule has 1 aromatic heterocycles. The third-order valence-corrected chi connectivity index (χ3v) is 4.31. The van der Waals surface area contributed by atoms with Crippen molar-refractivity contribution in [2.24, 2.45) is 0 Å². The lowest BCUT2D eigenvalue weighted by atomic mass is 10.3. The number of hydrogen-bond acceptors (Lipinski definition) is 4. The maximum atomic E-state index is 13.5. The minimum Gasteiger partial charge on any atom is -0.323 e. The standard InChI is InChI=1S/C17H13F2N3OS/c1-10-17(22-15-5-3-2-4-14(15)20-10)24-9-16(23)21-13-7-6-11(18)8-12(13)19/h2-8H,9H2,1H3,(H,21,23). The molecule has 4 nitrogen and oxygen atoms in total. The third kappa shape index (κ3) is 3.68. The highest BCUT2D eigenvalue weighted by Gasteiger charge is 2.11. The molecular weight excluding hydrogens is 332 g/mol. The highest BCUT2D eigenvalue weighted by molar-refractivity contribution is 8.00. The van der Waals surface area contributed by atoms with Crippen molar-refractivity contribution in [2.45, 2.75) is 11.9 Å². The smallest absolute Gasteiger partial charge is 0.234 e. The van der Waals surface area contributed by atoms with Crippen LogP contribution in [0.4, 0.5) is 14.5 Å². The first-order valence-corrected chi connectivity index (χ1v) is 8.12. The molecule has 7 heteroatoms. The molecule has 2 aromatic carbocycles. The van der Waals surface area contributed by atoms with Crippen LogP contribution in [0.3, 0.4) is 0 Å². The molecule has 0 unspecified atom stereocenters. The zero-order valence-electron chi connectivity index (χ0n) is 12.7. The molecule has 0 saturated carbocycles. The minimum absolute atomic E-state index is 0.0463. The van der Waals surface area contributed by atoms with Gasteiger partial charge in [0, 0.05) is 6.07 Å². The molecule has 0 aliphatic carbocycles. The summed E-state index contributed by atoms with van der Waals surface area (Å²) in [4.78, 5) is 20.9. The summed E-state index contributed by atoms with van der Waals surface area (Å²) < 4.78 is 26.4. The fourth-order valence-corrected chi connectivity index (χ4v) is 2.88. The second-order valence-electron chi connectivity index (χ2n) is 5.06. The summed E-state index contributed by atoms with van der Waals surface area (Å²) >= 11 is 1.22. The molecule has 0 aliphatic heterocycles. The Morgan fingerprint density at radius 3 is 2.54 bits per heavy atom. The van der Waals surface area contributed by atoms with Gasteiger partial charge < -0.3 is 5.32 Å². The van der Waals surface area contributed by atoms with Gasteiger partial charge in [0.15, 0.2) is 0 Å². The minimum atomic E-state index is -0.810. The van der Waals surface area contributed by atoms with Crippen LogP contribution in [0.5, 0.6) is 0 Å². The summed E-state index contributed by atoms with van der Waals surface area (Å²) in [7, 11) is 0. The number of benzene rings is 2. The van der Waals surface area contributed by atoms with Gasteiger partial charge in [-0.25, -0.2) is 18.7 Å². The van der Waals surface area contributed by atoms with Crippen LogP contribution in [0.25, 0.3) is 11.0 Å². The molecule has 0 bridgehead atoms. The number of thioether (sulfide) groups is 1. The number of para-hydroxylation sites is 2. The van der Waals surface area contributed by atoms with Crippen LogP contribution in [0.15, 0.2) is 47.5 Å². The lowest BCUT2D eigenvalue weighted by molar-refractivity contribution is -0.113. The molecule has 122 valence electrons. The number of amides is 1. The molecule has 0 aliphatic rings. The SMILES string of the molecule is Cc1nc2ccccc2nc1SCC(=O)Nc1ccc(F)cc1F. The maximum absolute atomic E-state index is 13.5. The molecule has 0 atom stereocenters. The van der Waals surface area contributed by atoms with Crippen molar-refractivity contribution in [3.8, 4) is 0 Å². The van der Waals surface area contributed by atoms with Crippen LogP contribution < -0.4 is 5.32 Å². The van der Waals surface area contributed by atoms with E-state index in [9.17, 15) is 13.6 Å². The Bertz CT molecular complexity index is 917. The van der Waals surface area contributed by atoms with Crippen molar-refractivity contribution < 1.29 is 13.6 Å². The molecule has 0 fully saturated rings. The second kappa shape index (κ2) is 6.92. The van der Waals surface area contributed by atoms with Gasteiger partial charge >= 0.3 is 0 Å². The number of rotatable bonds is 4. The molecule has 24 heavy (non-hydrogen) atoms.